The number of nitrogens with zero attached hydrogens (tertiary/aromatic N) is 5. The summed E-state index contributed by atoms with van der Waals surface area (Å²) in [6, 6.07) is 6.75. The number of aromatic nitrogens is 4. The minimum Gasteiger partial charge on any atom is -0.198 e. The summed E-state index contributed by atoms with van der Waals surface area (Å²) in [5, 5.41) is 19.9. The Kier molecular flexibility index (Phi) is 3.98. The molecule has 8 heteroatoms. The maximum atomic E-state index is 12.6. The second kappa shape index (κ2) is 5.69. The number of aryl methyl sites for hydroxylation is 1. The second-order valence-corrected chi connectivity index (χ2v) is 4.05. The monoisotopic (exact) mass is 281 g/mol. The van der Waals surface area contributed by atoms with Gasteiger partial charge in [-0.15, -0.1) is 10.2 Å². The van der Waals surface area contributed by atoms with Crippen molar-refractivity contribution in [3.05, 3.63) is 29.8 Å². The molecule has 0 amide bonds. The van der Waals surface area contributed by atoms with Crippen LogP contribution in [0.4, 0.5) is 13.2 Å². The highest BCUT2D eigenvalue weighted by Crippen LogP contribution is 2.31. The van der Waals surface area contributed by atoms with Gasteiger partial charge in [0.2, 0.25) is 5.82 Å². The van der Waals surface area contributed by atoms with Gasteiger partial charge in [-0.2, -0.15) is 23.2 Å². The van der Waals surface area contributed by atoms with Crippen LogP contribution in [-0.4, -0.2) is 20.2 Å². The topological polar surface area (TPSA) is 67.4 Å². The van der Waals surface area contributed by atoms with Crippen molar-refractivity contribution in [2.45, 2.75) is 25.6 Å². The van der Waals surface area contributed by atoms with Crippen LogP contribution < -0.4 is 0 Å². The number of rotatable bonds is 4. The molecule has 0 bridgehead atoms. The van der Waals surface area contributed by atoms with E-state index in [2.05, 4.69) is 15.4 Å². The van der Waals surface area contributed by atoms with Crippen LogP contribution in [0.25, 0.3) is 11.4 Å². The first-order valence-electron chi connectivity index (χ1n) is 5.83. The molecular weight excluding hydrogens is 271 g/mol. The molecule has 1 aromatic carbocycles. The van der Waals surface area contributed by atoms with Crippen molar-refractivity contribution in [2.75, 3.05) is 0 Å². The van der Waals surface area contributed by atoms with Crippen molar-refractivity contribution in [3.8, 4) is 17.5 Å². The van der Waals surface area contributed by atoms with Crippen LogP contribution in [0.2, 0.25) is 0 Å². The molecule has 0 N–H and O–H groups in total. The van der Waals surface area contributed by atoms with Crippen molar-refractivity contribution >= 4 is 0 Å². The largest absolute Gasteiger partial charge is 0.416 e. The Morgan fingerprint density at radius 3 is 2.80 bits per heavy atom. The summed E-state index contributed by atoms with van der Waals surface area (Å²) in [6.45, 7) is 0.402. The summed E-state index contributed by atoms with van der Waals surface area (Å²) in [6.07, 6.45) is -3.48. The van der Waals surface area contributed by atoms with E-state index in [1.54, 1.807) is 0 Å². The fraction of sp³-hybridized carbons (Fsp3) is 0.333. The molecule has 0 unspecified atom stereocenters. The van der Waals surface area contributed by atoms with E-state index in [0.29, 0.717) is 19.4 Å². The lowest BCUT2D eigenvalue weighted by atomic mass is 10.1. The fourth-order valence-corrected chi connectivity index (χ4v) is 1.59. The van der Waals surface area contributed by atoms with E-state index in [1.165, 1.54) is 16.9 Å². The van der Waals surface area contributed by atoms with Gasteiger partial charge >= 0.3 is 6.18 Å². The molecule has 1 aromatic heterocycles. The van der Waals surface area contributed by atoms with E-state index in [0.717, 1.165) is 12.1 Å². The lowest BCUT2D eigenvalue weighted by Gasteiger charge is -2.06. The van der Waals surface area contributed by atoms with Gasteiger partial charge in [0.1, 0.15) is 0 Å². The summed E-state index contributed by atoms with van der Waals surface area (Å²) < 4.78 is 37.8. The summed E-state index contributed by atoms with van der Waals surface area (Å²) >= 11 is 0. The standard InChI is InChI=1S/C12H10F3N5/c13-12(14,15)10-5-3-4-9(8-10)11-17-19-20(18-11)7-2-1-6-16/h3-5,8H,1-2,7H2. The molecule has 20 heavy (non-hydrogen) atoms. The van der Waals surface area contributed by atoms with Gasteiger partial charge in [0.05, 0.1) is 18.2 Å². The molecule has 0 saturated carbocycles. The van der Waals surface area contributed by atoms with Gasteiger partial charge in [0, 0.05) is 12.0 Å². The molecular formula is C12H10F3N5. The van der Waals surface area contributed by atoms with Crippen LogP contribution in [-0.2, 0) is 12.7 Å². The first-order chi connectivity index (χ1) is 9.50. The summed E-state index contributed by atoms with van der Waals surface area (Å²) in [5.41, 5.74) is -0.498. The molecule has 0 fully saturated rings. The Morgan fingerprint density at radius 1 is 1.30 bits per heavy atom. The molecule has 2 aromatic rings. The third-order valence-corrected chi connectivity index (χ3v) is 2.55. The molecule has 0 saturated heterocycles. The molecule has 0 aliphatic heterocycles. The Bertz CT molecular complexity index is 627. The Labute approximate surface area is 112 Å². The smallest absolute Gasteiger partial charge is 0.198 e. The van der Waals surface area contributed by atoms with Crippen LogP contribution >= 0.6 is 0 Å². The predicted molar refractivity (Wildman–Crippen MR) is 63.1 cm³/mol. The molecule has 0 aliphatic carbocycles. The number of alkyl halides is 3. The molecule has 104 valence electrons. The number of halogens is 3. The second-order valence-electron chi connectivity index (χ2n) is 4.05. The Morgan fingerprint density at radius 2 is 2.10 bits per heavy atom. The highest BCUT2D eigenvalue weighted by Gasteiger charge is 2.30. The van der Waals surface area contributed by atoms with Gasteiger partial charge < -0.3 is 0 Å². The van der Waals surface area contributed by atoms with Gasteiger partial charge in [0.15, 0.2) is 0 Å². The van der Waals surface area contributed by atoms with Gasteiger partial charge in [-0.25, -0.2) is 0 Å². The van der Waals surface area contributed by atoms with E-state index < -0.39 is 11.7 Å². The highest BCUT2D eigenvalue weighted by atomic mass is 19.4. The first-order valence-corrected chi connectivity index (χ1v) is 5.83. The van der Waals surface area contributed by atoms with Crippen LogP contribution in [0.15, 0.2) is 24.3 Å². The SMILES string of the molecule is N#CCCCn1nnc(-c2cccc(C(F)(F)F)c2)n1. The van der Waals surface area contributed by atoms with Crippen molar-refractivity contribution in [1.29, 1.82) is 5.26 Å². The van der Waals surface area contributed by atoms with Crippen molar-refractivity contribution < 1.29 is 13.2 Å². The minimum absolute atomic E-state index is 0.132. The quantitative estimate of drug-likeness (QED) is 0.808. The van der Waals surface area contributed by atoms with E-state index in [9.17, 15) is 13.2 Å². The predicted octanol–water partition coefficient (Wildman–Crippen LogP) is 2.66. The van der Waals surface area contributed by atoms with Crippen LogP contribution in [0.1, 0.15) is 18.4 Å². The van der Waals surface area contributed by atoms with E-state index in [-0.39, 0.29) is 11.4 Å². The van der Waals surface area contributed by atoms with E-state index >= 15 is 0 Å². The molecule has 5 nitrogen and oxygen atoms in total. The summed E-state index contributed by atoms with van der Waals surface area (Å²) in [4.78, 5) is 1.27. The normalized spacial score (nSPS) is 11.3. The van der Waals surface area contributed by atoms with Crippen LogP contribution in [0.3, 0.4) is 0 Å². The number of nitriles is 1. The average Bonchev–Trinajstić information content (AvgIpc) is 2.87. The zero-order chi connectivity index (χ0) is 14.6. The van der Waals surface area contributed by atoms with E-state index in [1.807, 2.05) is 6.07 Å². The molecule has 2 rings (SSSR count). The van der Waals surface area contributed by atoms with Gasteiger partial charge in [-0.3, -0.25) is 0 Å². The van der Waals surface area contributed by atoms with Gasteiger partial charge in [-0.1, -0.05) is 12.1 Å². The number of hydrogen-bond donors (Lipinski definition) is 0. The number of unbranched alkanes of at least 4 members (excludes halogenated alkanes) is 1. The number of tetrazole rings is 1. The van der Waals surface area contributed by atoms with E-state index in [4.69, 9.17) is 5.26 Å². The maximum Gasteiger partial charge on any atom is 0.416 e. The van der Waals surface area contributed by atoms with Gasteiger partial charge in [0.25, 0.3) is 0 Å². The third kappa shape index (κ3) is 3.32. The molecule has 0 atom stereocenters. The van der Waals surface area contributed by atoms with Gasteiger partial charge in [-0.05, 0) is 23.8 Å². The van der Waals surface area contributed by atoms with Crippen LogP contribution in [0.5, 0.6) is 0 Å². The Balaban J connectivity index is 2.18. The lowest BCUT2D eigenvalue weighted by molar-refractivity contribution is -0.137. The third-order valence-electron chi connectivity index (χ3n) is 2.55. The summed E-state index contributed by atoms with van der Waals surface area (Å²) in [5.74, 6) is 0.132. The molecule has 0 radical (unpaired) electrons. The zero-order valence-electron chi connectivity index (χ0n) is 10.3. The average molecular weight is 281 g/mol. The lowest BCUT2D eigenvalue weighted by Crippen LogP contribution is -2.04. The van der Waals surface area contributed by atoms with Crippen molar-refractivity contribution in [2.24, 2.45) is 0 Å². The van der Waals surface area contributed by atoms with Crippen molar-refractivity contribution in [1.82, 2.24) is 20.2 Å². The highest BCUT2D eigenvalue weighted by molar-refractivity contribution is 5.55. The number of hydrogen-bond acceptors (Lipinski definition) is 4. The molecule has 0 aliphatic rings. The maximum absolute atomic E-state index is 12.6. The molecule has 0 spiro atoms. The Hall–Kier alpha value is -2.43. The minimum atomic E-state index is -4.40. The van der Waals surface area contributed by atoms with Crippen LogP contribution in [0, 0.1) is 11.3 Å². The fourth-order valence-electron chi connectivity index (χ4n) is 1.59. The first kappa shape index (κ1) is 14.0. The number of benzene rings is 1. The zero-order valence-corrected chi connectivity index (χ0v) is 10.3. The van der Waals surface area contributed by atoms with Crippen molar-refractivity contribution in [3.63, 3.8) is 0 Å². The molecule has 1 heterocycles. The summed E-state index contributed by atoms with van der Waals surface area (Å²) in [7, 11) is 0.